The average molecular weight is 278 g/mol. The van der Waals surface area contributed by atoms with Crippen molar-refractivity contribution in [2.24, 2.45) is 0 Å². The molecule has 0 aliphatic carbocycles. The molecule has 6 nitrogen and oxygen atoms in total. The molecule has 0 bridgehead atoms. The molecular formula is C14H22N4O2. The number of rotatable bonds is 3. The molecule has 110 valence electrons. The predicted molar refractivity (Wildman–Crippen MR) is 76.9 cm³/mol. The van der Waals surface area contributed by atoms with E-state index in [4.69, 9.17) is 0 Å². The summed E-state index contributed by atoms with van der Waals surface area (Å²) in [6.45, 7) is 6.30. The summed E-state index contributed by atoms with van der Waals surface area (Å²) in [6.07, 6.45) is 4.24. The summed E-state index contributed by atoms with van der Waals surface area (Å²) < 4.78 is 4.63. The standard InChI is InChI=1S/C14H22N4O2/c1-5-11-9-18(10(2)8-17(11)3)13-7-15-12(6-16-13)14(19)20-4/h6-7,10-11H,5,8-9H2,1-4H3/t10-,11+/m1/s1. The van der Waals surface area contributed by atoms with Gasteiger partial charge in [-0.2, -0.15) is 0 Å². The first-order chi connectivity index (χ1) is 9.56. The predicted octanol–water partition coefficient (Wildman–Crippen LogP) is 1.18. The highest BCUT2D eigenvalue weighted by Crippen LogP contribution is 2.21. The molecule has 1 aliphatic heterocycles. The molecule has 0 spiro atoms. The van der Waals surface area contributed by atoms with Gasteiger partial charge < -0.3 is 9.64 Å². The molecule has 0 amide bonds. The smallest absolute Gasteiger partial charge is 0.358 e. The second kappa shape index (κ2) is 6.17. The van der Waals surface area contributed by atoms with Gasteiger partial charge in [0.15, 0.2) is 5.69 Å². The monoisotopic (exact) mass is 278 g/mol. The minimum atomic E-state index is -0.457. The van der Waals surface area contributed by atoms with Gasteiger partial charge in [0.25, 0.3) is 0 Å². The molecule has 2 atom stereocenters. The largest absolute Gasteiger partial charge is 0.464 e. The molecule has 0 N–H and O–H groups in total. The summed E-state index contributed by atoms with van der Waals surface area (Å²) in [4.78, 5) is 24.5. The van der Waals surface area contributed by atoms with Crippen LogP contribution < -0.4 is 4.90 Å². The van der Waals surface area contributed by atoms with Crippen molar-refractivity contribution in [2.75, 3.05) is 32.1 Å². The molecule has 6 heteroatoms. The maximum absolute atomic E-state index is 11.4. The number of ether oxygens (including phenoxy) is 1. The van der Waals surface area contributed by atoms with Crippen LogP contribution in [-0.2, 0) is 4.74 Å². The van der Waals surface area contributed by atoms with Gasteiger partial charge in [-0.15, -0.1) is 0 Å². The summed E-state index contributed by atoms with van der Waals surface area (Å²) in [6, 6.07) is 0.898. The van der Waals surface area contributed by atoms with Gasteiger partial charge in [0.2, 0.25) is 0 Å². The molecule has 0 unspecified atom stereocenters. The molecule has 0 aromatic carbocycles. The number of hydrogen-bond acceptors (Lipinski definition) is 6. The highest BCUT2D eigenvalue weighted by atomic mass is 16.5. The van der Waals surface area contributed by atoms with E-state index < -0.39 is 5.97 Å². The fourth-order valence-corrected chi connectivity index (χ4v) is 2.65. The minimum Gasteiger partial charge on any atom is -0.464 e. The normalized spacial score (nSPS) is 23.7. The van der Waals surface area contributed by atoms with E-state index in [1.807, 2.05) is 0 Å². The number of esters is 1. The maximum Gasteiger partial charge on any atom is 0.358 e. The van der Waals surface area contributed by atoms with Gasteiger partial charge in [0.1, 0.15) is 5.82 Å². The molecule has 0 radical (unpaired) electrons. The molecule has 2 rings (SSSR count). The zero-order valence-corrected chi connectivity index (χ0v) is 12.5. The third-order valence-corrected chi connectivity index (χ3v) is 3.91. The Bertz CT molecular complexity index is 463. The number of hydrogen-bond donors (Lipinski definition) is 0. The van der Waals surface area contributed by atoms with Crippen LogP contribution in [-0.4, -0.2) is 60.2 Å². The quantitative estimate of drug-likeness (QED) is 0.774. The Kier molecular flexibility index (Phi) is 4.54. The highest BCUT2D eigenvalue weighted by Gasteiger charge is 2.29. The molecular weight excluding hydrogens is 256 g/mol. The Hall–Kier alpha value is -1.69. The molecule has 1 aromatic heterocycles. The van der Waals surface area contributed by atoms with Crippen molar-refractivity contribution in [1.82, 2.24) is 14.9 Å². The second-order valence-corrected chi connectivity index (χ2v) is 5.25. The van der Waals surface area contributed by atoms with Crippen LogP contribution in [0.25, 0.3) is 0 Å². The number of likely N-dealkylation sites (N-methyl/N-ethyl adjacent to an activating group) is 1. The van der Waals surface area contributed by atoms with Crippen molar-refractivity contribution in [3.05, 3.63) is 18.1 Å². The van der Waals surface area contributed by atoms with E-state index in [2.05, 4.69) is 45.4 Å². The average Bonchev–Trinajstić information content (AvgIpc) is 2.47. The Morgan fingerprint density at radius 1 is 1.40 bits per heavy atom. The fourth-order valence-electron chi connectivity index (χ4n) is 2.65. The van der Waals surface area contributed by atoms with Crippen molar-refractivity contribution < 1.29 is 9.53 Å². The first kappa shape index (κ1) is 14.7. The third kappa shape index (κ3) is 2.90. The van der Waals surface area contributed by atoms with Crippen LogP contribution in [0.5, 0.6) is 0 Å². The van der Waals surface area contributed by atoms with Crippen molar-refractivity contribution in [3.8, 4) is 0 Å². The van der Waals surface area contributed by atoms with Gasteiger partial charge >= 0.3 is 5.97 Å². The van der Waals surface area contributed by atoms with Crippen molar-refractivity contribution >= 4 is 11.8 Å². The van der Waals surface area contributed by atoms with Crippen LogP contribution in [0.2, 0.25) is 0 Å². The number of piperazine rings is 1. The van der Waals surface area contributed by atoms with Crippen LogP contribution >= 0.6 is 0 Å². The van der Waals surface area contributed by atoms with E-state index in [1.165, 1.54) is 13.3 Å². The van der Waals surface area contributed by atoms with Gasteiger partial charge in [0, 0.05) is 25.2 Å². The van der Waals surface area contributed by atoms with Gasteiger partial charge in [-0.25, -0.2) is 14.8 Å². The van der Waals surface area contributed by atoms with E-state index in [0.29, 0.717) is 12.1 Å². The third-order valence-electron chi connectivity index (χ3n) is 3.91. The molecule has 1 aromatic rings. The van der Waals surface area contributed by atoms with Gasteiger partial charge in [-0.1, -0.05) is 6.92 Å². The number of anilines is 1. The molecule has 20 heavy (non-hydrogen) atoms. The molecule has 1 aliphatic rings. The van der Waals surface area contributed by atoms with Crippen LogP contribution in [0.4, 0.5) is 5.82 Å². The number of aromatic nitrogens is 2. The van der Waals surface area contributed by atoms with Crippen LogP contribution in [0.1, 0.15) is 30.8 Å². The van der Waals surface area contributed by atoms with E-state index in [9.17, 15) is 4.79 Å². The Morgan fingerprint density at radius 3 is 2.70 bits per heavy atom. The van der Waals surface area contributed by atoms with Crippen molar-refractivity contribution in [1.29, 1.82) is 0 Å². The van der Waals surface area contributed by atoms with Crippen LogP contribution in [0.15, 0.2) is 12.4 Å². The number of nitrogens with zero attached hydrogens (tertiary/aromatic N) is 4. The maximum atomic E-state index is 11.4. The number of carbonyl (C=O) groups excluding carboxylic acids is 1. The molecule has 0 saturated carbocycles. The summed E-state index contributed by atoms with van der Waals surface area (Å²) >= 11 is 0. The Balaban J connectivity index is 2.16. The number of carbonyl (C=O) groups is 1. The summed E-state index contributed by atoms with van der Waals surface area (Å²) in [5.74, 6) is 0.360. The lowest BCUT2D eigenvalue weighted by atomic mass is 10.1. The van der Waals surface area contributed by atoms with Crippen molar-refractivity contribution in [3.63, 3.8) is 0 Å². The lowest BCUT2D eigenvalue weighted by molar-refractivity contribution is 0.0593. The zero-order valence-electron chi connectivity index (χ0n) is 12.5. The molecule has 1 saturated heterocycles. The van der Waals surface area contributed by atoms with E-state index in [0.717, 1.165) is 25.3 Å². The lowest BCUT2D eigenvalue weighted by Gasteiger charge is -2.44. The SMILES string of the molecule is CC[C@H]1CN(c2cnc(C(=O)OC)cn2)[C@H](C)CN1C. The second-order valence-electron chi connectivity index (χ2n) is 5.25. The van der Waals surface area contributed by atoms with Gasteiger partial charge in [-0.3, -0.25) is 4.90 Å². The fraction of sp³-hybridized carbons (Fsp3) is 0.643. The first-order valence-electron chi connectivity index (χ1n) is 6.94. The summed E-state index contributed by atoms with van der Waals surface area (Å²) in [5.41, 5.74) is 0.241. The van der Waals surface area contributed by atoms with Crippen molar-refractivity contribution in [2.45, 2.75) is 32.4 Å². The minimum absolute atomic E-state index is 0.241. The highest BCUT2D eigenvalue weighted by molar-refractivity contribution is 5.86. The van der Waals surface area contributed by atoms with Gasteiger partial charge in [-0.05, 0) is 20.4 Å². The van der Waals surface area contributed by atoms with Crippen LogP contribution in [0.3, 0.4) is 0 Å². The summed E-state index contributed by atoms with van der Waals surface area (Å²) in [5, 5.41) is 0. The van der Waals surface area contributed by atoms with E-state index in [-0.39, 0.29) is 5.69 Å². The lowest BCUT2D eigenvalue weighted by Crippen LogP contribution is -2.56. The summed E-state index contributed by atoms with van der Waals surface area (Å²) in [7, 11) is 3.50. The van der Waals surface area contributed by atoms with E-state index >= 15 is 0 Å². The zero-order chi connectivity index (χ0) is 14.7. The molecule has 2 heterocycles. The van der Waals surface area contributed by atoms with Gasteiger partial charge in [0.05, 0.1) is 19.5 Å². The number of methoxy groups -OCH3 is 1. The Labute approximate surface area is 119 Å². The van der Waals surface area contributed by atoms with Crippen LogP contribution in [0, 0.1) is 0 Å². The molecule has 1 fully saturated rings. The Morgan fingerprint density at radius 2 is 2.15 bits per heavy atom. The first-order valence-corrected chi connectivity index (χ1v) is 6.94. The topological polar surface area (TPSA) is 58.6 Å². The van der Waals surface area contributed by atoms with E-state index in [1.54, 1.807) is 6.20 Å².